The zero-order chi connectivity index (χ0) is 14.6. The van der Waals surface area contributed by atoms with E-state index >= 15 is 0 Å². The number of hydrogen-bond acceptors (Lipinski definition) is 4. The minimum Gasteiger partial charge on any atom is -0.480 e. The van der Waals surface area contributed by atoms with Crippen LogP contribution < -0.4 is 5.32 Å². The summed E-state index contributed by atoms with van der Waals surface area (Å²) < 4.78 is 22.6. The summed E-state index contributed by atoms with van der Waals surface area (Å²) in [6.07, 6.45) is 1.21. The van der Waals surface area contributed by atoms with E-state index in [2.05, 4.69) is 5.32 Å². The molecule has 110 valence electrons. The lowest BCUT2D eigenvalue weighted by Crippen LogP contribution is -2.45. The third kappa shape index (κ3) is 4.81. The molecule has 0 aromatic rings. The predicted molar refractivity (Wildman–Crippen MR) is 70.4 cm³/mol. The highest BCUT2D eigenvalue weighted by Gasteiger charge is 2.31. The van der Waals surface area contributed by atoms with Gasteiger partial charge in [0.15, 0.2) is 9.84 Å². The van der Waals surface area contributed by atoms with Crippen LogP contribution in [0.25, 0.3) is 0 Å². The molecule has 0 saturated carbocycles. The zero-order valence-electron chi connectivity index (χ0n) is 11.3. The Labute approximate surface area is 113 Å². The minimum absolute atomic E-state index is 0.0293. The molecule has 0 spiro atoms. The summed E-state index contributed by atoms with van der Waals surface area (Å²) >= 11 is 0. The van der Waals surface area contributed by atoms with Crippen LogP contribution in [0.4, 0.5) is 0 Å². The Hall–Kier alpha value is -1.11. The molecule has 1 aliphatic rings. The van der Waals surface area contributed by atoms with E-state index in [9.17, 15) is 18.0 Å². The van der Waals surface area contributed by atoms with E-state index in [1.807, 2.05) is 6.92 Å². The average molecular weight is 291 g/mol. The van der Waals surface area contributed by atoms with Crippen LogP contribution in [0.5, 0.6) is 0 Å². The average Bonchev–Trinajstić information content (AvgIpc) is 2.64. The van der Waals surface area contributed by atoms with Crippen LogP contribution in [0.3, 0.4) is 0 Å². The number of rotatable bonds is 6. The molecule has 1 heterocycles. The predicted octanol–water partition coefficient (Wildman–Crippen LogP) is 0.427. The third-order valence-corrected chi connectivity index (χ3v) is 5.43. The lowest BCUT2D eigenvalue weighted by molar-refractivity contribution is -0.143. The molecule has 6 nitrogen and oxygen atoms in total. The first-order valence-electron chi connectivity index (χ1n) is 6.47. The molecule has 1 saturated heterocycles. The summed E-state index contributed by atoms with van der Waals surface area (Å²) in [6, 6.07) is -0.907. The number of carbonyl (C=O) groups excluding carboxylic acids is 1. The summed E-state index contributed by atoms with van der Waals surface area (Å²) in [7, 11) is -3.00. The Morgan fingerprint density at radius 1 is 1.42 bits per heavy atom. The van der Waals surface area contributed by atoms with Crippen LogP contribution in [0.15, 0.2) is 0 Å². The van der Waals surface area contributed by atoms with Crippen molar-refractivity contribution in [2.45, 2.75) is 39.2 Å². The van der Waals surface area contributed by atoms with Crippen LogP contribution in [0, 0.1) is 11.8 Å². The smallest absolute Gasteiger partial charge is 0.326 e. The quantitative estimate of drug-likeness (QED) is 0.739. The van der Waals surface area contributed by atoms with Crippen molar-refractivity contribution >= 4 is 21.7 Å². The number of aliphatic carboxylic acids is 1. The van der Waals surface area contributed by atoms with Gasteiger partial charge >= 0.3 is 5.97 Å². The zero-order valence-corrected chi connectivity index (χ0v) is 12.1. The molecule has 7 heteroatoms. The number of hydrogen-bond donors (Lipinski definition) is 2. The van der Waals surface area contributed by atoms with Crippen molar-refractivity contribution in [3.8, 4) is 0 Å². The van der Waals surface area contributed by atoms with Crippen LogP contribution in [0.2, 0.25) is 0 Å². The molecule has 2 N–H and O–H groups in total. The number of nitrogens with one attached hydrogen (secondary N) is 1. The normalized spacial score (nSPS) is 24.6. The first kappa shape index (κ1) is 15.9. The van der Waals surface area contributed by atoms with Crippen molar-refractivity contribution < 1.29 is 23.1 Å². The molecule has 0 aliphatic carbocycles. The SMILES string of the molecule is CCC(C)C(NC(=O)CC1CCS(=O)(=O)C1)C(=O)O. The van der Waals surface area contributed by atoms with E-state index in [1.165, 1.54) is 0 Å². The first-order valence-corrected chi connectivity index (χ1v) is 8.30. The van der Waals surface area contributed by atoms with E-state index < -0.39 is 21.8 Å². The number of sulfone groups is 1. The van der Waals surface area contributed by atoms with Crippen LogP contribution >= 0.6 is 0 Å². The Morgan fingerprint density at radius 2 is 2.05 bits per heavy atom. The van der Waals surface area contributed by atoms with E-state index in [0.717, 1.165) is 0 Å². The van der Waals surface area contributed by atoms with Crippen molar-refractivity contribution in [1.29, 1.82) is 0 Å². The van der Waals surface area contributed by atoms with Crippen LogP contribution in [-0.4, -0.2) is 42.9 Å². The van der Waals surface area contributed by atoms with Gasteiger partial charge < -0.3 is 10.4 Å². The van der Waals surface area contributed by atoms with Crippen molar-refractivity contribution in [1.82, 2.24) is 5.32 Å². The molecule has 3 atom stereocenters. The topological polar surface area (TPSA) is 101 Å². The van der Waals surface area contributed by atoms with Gasteiger partial charge in [0.2, 0.25) is 5.91 Å². The molecular weight excluding hydrogens is 270 g/mol. The number of carboxylic acids is 1. The van der Waals surface area contributed by atoms with Crippen LogP contribution in [0.1, 0.15) is 33.1 Å². The molecule has 0 aromatic heterocycles. The van der Waals surface area contributed by atoms with E-state index in [4.69, 9.17) is 5.11 Å². The fraction of sp³-hybridized carbons (Fsp3) is 0.833. The second-order valence-electron chi connectivity index (χ2n) is 5.24. The van der Waals surface area contributed by atoms with Gasteiger partial charge in [-0.15, -0.1) is 0 Å². The molecule has 1 aliphatic heterocycles. The Kier molecular flexibility index (Phi) is 5.34. The molecule has 1 fully saturated rings. The summed E-state index contributed by atoms with van der Waals surface area (Å²) in [6.45, 7) is 3.62. The Bertz CT molecular complexity index is 445. The molecule has 0 bridgehead atoms. The van der Waals surface area contributed by atoms with E-state index in [1.54, 1.807) is 6.92 Å². The van der Waals surface area contributed by atoms with Crippen molar-refractivity contribution in [2.24, 2.45) is 11.8 Å². The lowest BCUT2D eigenvalue weighted by Gasteiger charge is -2.20. The molecule has 0 aromatic carbocycles. The van der Waals surface area contributed by atoms with E-state index in [0.29, 0.717) is 12.8 Å². The van der Waals surface area contributed by atoms with Gasteiger partial charge in [-0.05, 0) is 18.3 Å². The van der Waals surface area contributed by atoms with Gasteiger partial charge in [0.05, 0.1) is 11.5 Å². The molecular formula is C12H21NO5S. The Morgan fingerprint density at radius 3 is 2.47 bits per heavy atom. The molecule has 3 unspecified atom stereocenters. The van der Waals surface area contributed by atoms with Crippen molar-refractivity contribution in [3.05, 3.63) is 0 Å². The highest BCUT2D eigenvalue weighted by molar-refractivity contribution is 7.91. The lowest BCUT2D eigenvalue weighted by atomic mass is 9.98. The van der Waals surface area contributed by atoms with Gasteiger partial charge in [0.1, 0.15) is 6.04 Å². The molecule has 0 radical (unpaired) electrons. The third-order valence-electron chi connectivity index (χ3n) is 3.60. The summed E-state index contributed by atoms with van der Waals surface area (Å²) in [5.74, 6) is -1.62. The highest BCUT2D eigenvalue weighted by atomic mass is 32.2. The minimum atomic E-state index is -3.00. The van der Waals surface area contributed by atoms with Gasteiger partial charge in [-0.2, -0.15) is 0 Å². The summed E-state index contributed by atoms with van der Waals surface area (Å²) in [5.41, 5.74) is 0. The van der Waals surface area contributed by atoms with E-state index in [-0.39, 0.29) is 35.7 Å². The van der Waals surface area contributed by atoms with Gasteiger partial charge in [-0.1, -0.05) is 20.3 Å². The largest absolute Gasteiger partial charge is 0.480 e. The fourth-order valence-corrected chi connectivity index (χ4v) is 4.07. The highest BCUT2D eigenvalue weighted by Crippen LogP contribution is 2.21. The van der Waals surface area contributed by atoms with Crippen LogP contribution in [-0.2, 0) is 19.4 Å². The van der Waals surface area contributed by atoms with Crippen molar-refractivity contribution in [2.75, 3.05) is 11.5 Å². The first-order chi connectivity index (χ1) is 8.75. The maximum atomic E-state index is 11.8. The van der Waals surface area contributed by atoms with Gasteiger partial charge in [-0.25, -0.2) is 13.2 Å². The van der Waals surface area contributed by atoms with Crippen molar-refractivity contribution in [3.63, 3.8) is 0 Å². The molecule has 1 amide bonds. The Balaban J connectivity index is 2.52. The number of carbonyl (C=O) groups is 2. The maximum Gasteiger partial charge on any atom is 0.326 e. The summed E-state index contributed by atoms with van der Waals surface area (Å²) in [5, 5.41) is 11.5. The van der Waals surface area contributed by atoms with Gasteiger partial charge in [0, 0.05) is 6.42 Å². The molecule has 19 heavy (non-hydrogen) atoms. The number of carboxylic acid groups (broad SMARTS) is 1. The molecule has 1 rings (SSSR count). The standard InChI is InChI=1S/C12H21NO5S/c1-3-8(2)11(12(15)16)13-10(14)6-9-4-5-19(17,18)7-9/h8-9,11H,3-7H2,1-2H3,(H,13,14)(H,15,16). The second kappa shape index (κ2) is 6.36. The second-order valence-corrected chi connectivity index (χ2v) is 7.47. The monoisotopic (exact) mass is 291 g/mol. The van der Waals surface area contributed by atoms with Gasteiger partial charge in [0.25, 0.3) is 0 Å². The maximum absolute atomic E-state index is 11.8. The summed E-state index contributed by atoms with van der Waals surface area (Å²) in [4.78, 5) is 22.8. The number of amides is 1. The van der Waals surface area contributed by atoms with Gasteiger partial charge in [-0.3, -0.25) is 4.79 Å². The fourth-order valence-electron chi connectivity index (χ4n) is 2.21.